The van der Waals surface area contributed by atoms with Gasteiger partial charge in [0.25, 0.3) is 5.69 Å². The Labute approximate surface area is 143 Å². The van der Waals surface area contributed by atoms with E-state index < -0.39 is 20.7 Å². The Hall–Kier alpha value is -3.20. The molecule has 0 amide bonds. The Balaban J connectivity index is 1.83. The van der Waals surface area contributed by atoms with Gasteiger partial charge in [-0.15, -0.1) is 0 Å². The minimum absolute atomic E-state index is 0.117. The molecule has 1 N–H and O–H groups in total. The Kier molecular flexibility index (Phi) is 4.48. The number of anilines is 1. The van der Waals surface area contributed by atoms with E-state index in [1.165, 1.54) is 30.8 Å². The minimum atomic E-state index is -3.83. The molecule has 0 bridgehead atoms. The van der Waals surface area contributed by atoms with Crippen LogP contribution in [0.25, 0.3) is 11.3 Å². The lowest BCUT2D eigenvalue weighted by molar-refractivity contribution is -0.385. The van der Waals surface area contributed by atoms with Gasteiger partial charge in [0.05, 0.1) is 11.1 Å². The number of hydrogen-bond donors (Lipinski definition) is 1. The summed E-state index contributed by atoms with van der Waals surface area (Å²) in [4.78, 5) is 14.2. The smallest absolute Gasteiger partial charge is 0.273 e. The Morgan fingerprint density at radius 3 is 2.68 bits per heavy atom. The average molecular weight is 359 g/mol. The molecule has 8 nitrogen and oxygen atoms in total. The molecule has 2 aromatic carbocycles. The van der Waals surface area contributed by atoms with Gasteiger partial charge in [-0.3, -0.25) is 14.8 Å². The van der Waals surface area contributed by atoms with Gasteiger partial charge >= 0.3 is 0 Å². The summed E-state index contributed by atoms with van der Waals surface area (Å²) in [6.45, 7) is 0. The van der Waals surface area contributed by atoms with Gasteiger partial charge in [0.1, 0.15) is 5.75 Å². The van der Waals surface area contributed by atoms with Crippen LogP contribution in [0.3, 0.4) is 0 Å². The van der Waals surface area contributed by atoms with Gasteiger partial charge in [0, 0.05) is 22.9 Å². The summed E-state index contributed by atoms with van der Waals surface area (Å²) < 4.78 is 32.3. The zero-order valence-electron chi connectivity index (χ0n) is 12.8. The molecule has 0 atom stereocenters. The third-order valence-corrected chi connectivity index (χ3v) is 4.62. The van der Waals surface area contributed by atoms with Crippen LogP contribution >= 0.6 is 0 Å². The normalized spacial score (nSPS) is 11.2. The van der Waals surface area contributed by atoms with Crippen LogP contribution in [0.4, 0.5) is 11.4 Å². The fourth-order valence-electron chi connectivity index (χ4n) is 2.33. The number of sulfonamides is 1. The van der Waals surface area contributed by atoms with Gasteiger partial charge in [-0.25, -0.2) is 13.4 Å². The van der Waals surface area contributed by atoms with Crippen molar-refractivity contribution in [3.05, 3.63) is 76.8 Å². The summed E-state index contributed by atoms with van der Waals surface area (Å²) in [5.74, 6) is -0.00352. The number of aromatic nitrogens is 1. The molecule has 0 aliphatic carbocycles. The maximum atomic E-state index is 12.4. The van der Waals surface area contributed by atoms with E-state index in [0.717, 1.165) is 0 Å². The van der Waals surface area contributed by atoms with Gasteiger partial charge in [-0.1, -0.05) is 30.3 Å². The molecule has 0 unspecified atom stereocenters. The molecule has 128 valence electrons. The second kappa shape index (κ2) is 6.73. The van der Waals surface area contributed by atoms with Crippen molar-refractivity contribution < 1.29 is 17.8 Å². The maximum absolute atomic E-state index is 12.4. The van der Waals surface area contributed by atoms with E-state index in [9.17, 15) is 18.5 Å². The standard InChI is InChI=1S/C16H13N3O5S/c20-19(21)15-7-2-1-4-13(15)10-25(22,23)18-14-6-3-5-12(8-14)16-9-17-11-24-16/h1-9,11,18H,10H2. The van der Waals surface area contributed by atoms with Crippen molar-refractivity contribution in [2.75, 3.05) is 4.72 Å². The van der Waals surface area contributed by atoms with Crippen molar-refractivity contribution in [1.82, 2.24) is 4.98 Å². The van der Waals surface area contributed by atoms with Gasteiger partial charge in [0.2, 0.25) is 10.0 Å². The van der Waals surface area contributed by atoms with Crippen LogP contribution in [0.1, 0.15) is 5.56 Å². The van der Waals surface area contributed by atoms with E-state index in [0.29, 0.717) is 17.0 Å². The van der Waals surface area contributed by atoms with Crippen LogP contribution in [0.15, 0.2) is 65.5 Å². The van der Waals surface area contributed by atoms with Crippen molar-refractivity contribution in [1.29, 1.82) is 0 Å². The van der Waals surface area contributed by atoms with Crippen LogP contribution < -0.4 is 4.72 Å². The number of benzene rings is 2. The Morgan fingerprint density at radius 1 is 1.16 bits per heavy atom. The lowest BCUT2D eigenvalue weighted by Gasteiger charge is -2.09. The molecule has 0 radical (unpaired) electrons. The van der Waals surface area contributed by atoms with Gasteiger partial charge in [0.15, 0.2) is 12.2 Å². The molecule has 0 fully saturated rings. The predicted molar refractivity (Wildman–Crippen MR) is 91.3 cm³/mol. The molecule has 9 heteroatoms. The van der Waals surface area contributed by atoms with E-state index in [1.807, 2.05) is 0 Å². The largest absolute Gasteiger partial charge is 0.444 e. The van der Waals surface area contributed by atoms with E-state index in [-0.39, 0.29) is 11.3 Å². The molecule has 3 rings (SSSR count). The highest BCUT2D eigenvalue weighted by atomic mass is 32.2. The summed E-state index contributed by atoms with van der Waals surface area (Å²) in [5, 5.41) is 11.0. The molecule has 1 heterocycles. The molecule has 0 saturated heterocycles. The van der Waals surface area contributed by atoms with Crippen LogP contribution in [0.5, 0.6) is 0 Å². The SMILES string of the molecule is O=[N+]([O-])c1ccccc1CS(=O)(=O)Nc1cccc(-c2cnco2)c1. The number of nitro benzene ring substituents is 1. The van der Waals surface area contributed by atoms with Gasteiger partial charge in [-0.2, -0.15) is 0 Å². The van der Waals surface area contributed by atoms with E-state index >= 15 is 0 Å². The first-order chi connectivity index (χ1) is 11.9. The summed E-state index contributed by atoms with van der Waals surface area (Å²) in [5.41, 5.74) is 0.866. The highest BCUT2D eigenvalue weighted by Crippen LogP contribution is 2.24. The van der Waals surface area contributed by atoms with Gasteiger partial charge < -0.3 is 4.42 Å². The third-order valence-electron chi connectivity index (χ3n) is 3.39. The second-order valence-electron chi connectivity index (χ2n) is 5.19. The molecular weight excluding hydrogens is 346 g/mol. The number of nitrogens with one attached hydrogen (secondary N) is 1. The lowest BCUT2D eigenvalue weighted by Crippen LogP contribution is -2.15. The van der Waals surface area contributed by atoms with Crippen LogP contribution in [-0.4, -0.2) is 18.3 Å². The number of rotatable bonds is 6. The van der Waals surface area contributed by atoms with Crippen molar-refractivity contribution in [3.8, 4) is 11.3 Å². The van der Waals surface area contributed by atoms with Crippen molar-refractivity contribution in [2.24, 2.45) is 0 Å². The fraction of sp³-hybridized carbons (Fsp3) is 0.0625. The van der Waals surface area contributed by atoms with Crippen molar-refractivity contribution >= 4 is 21.4 Å². The number of nitro groups is 1. The molecule has 0 aliphatic heterocycles. The summed E-state index contributed by atoms with van der Waals surface area (Å²) in [6.07, 6.45) is 2.79. The molecule has 3 aromatic rings. The quantitative estimate of drug-likeness (QED) is 0.534. The van der Waals surface area contributed by atoms with Gasteiger partial charge in [-0.05, 0) is 12.1 Å². The summed E-state index contributed by atoms with van der Waals surface area (Å²) >= 11 is 0. The highest BCUT2D eigenvalue weighted by molar-refractivity contribution is 7.91. The molecule has 25 heavy (non-hydrogen) atoms. The second-order valence-corrected chi connectivity index (χ2v) is 6.92. The van der Waals surface area contributed by atoms with Crippen molar-refractivity contribution in [3.63, 3.8) is 0 Å². The van der Waals surface area contributed by atoms with Crippen LogP contribution in [-0.2, 0) is 15.8 Å². The topological polar surface area (TPSA) is 115 Å². The maximum Gasteiger partial charge on any atom is 0.273 e. The molecule has 0 spiro atoms. The van der Waals surface area contributed by atoms with E-state index in [4.69, 9.17) is 4.42 Å². The summed E-state index contributed by atoms with van der Waals surface area (Å²) in [7, 11) is -3.83. The number of para-hydroxylation sites is 1. The molecular formula is C16H13N3O5S. The fourth-order valence-corrected chi connectivity index (χ4v) is 3.54. The molecule has 1 aromatic heterocycles. The molecule has 0 aliphatic rings. The lowest BCUT2D eigenvalue weighted by atomic mass is 10.2. The monoisotopic (exact) mass is 359 g/mol. The van der Waals surface area contributed by atoms with Crippen molar-refractivity contribution in [2.45, 2.75) is 5.75 Å². The first-order valence-electron chi connectivity index (χ1n) is 7.16. The predicted octanol–water partition coefficient (Wildman–Crippen LogP) is 3.19. The number of nitrogens with zero attached hydrogens (tertiary/aromatic N) is 2. The highest BCUT2D eigenvalue weighted by Gasteiger charge is 2.20. The van der Waals surface area contributed by atoms with Crippen LogP contribution in [0, 0.1) is 10.1 Å². The molecule has 0 saturated carbocycles. The third kappa shape index (κ3) is 4.01. The number of hydrogen-bond acceptors (Lipinski definition) is 6. The average Bonchev–Trinajstić information content (AvgIpc) is 3.09. The van der Waals surface area contributed by atoms with E-state index in [2.05, 4.69) is 9.71 Å². The zero-order chi connectivity index (χ0) is 17.9. The summed E-state index contributed by atoms with van der Waals surface area (Å²) in [6, 6.07) is 12.3. The zero-order valence-corrected chi connectivity index (χ0v) is 13.6. The van der Waals surface area contributed by atoms with Crippen LogP contribution in [0.2, 0.25) is 0 Å². The Morgan fingerprint density at radius 2 is 1.96 bits per heavy atom. The minimum Gasteiger partial charge on any atom is -0.444 e. The Bertz CT molecular complexity index is 1000. The van der Waals surface area contributed by atoms with E-state index in [1.54, 1.807) is 30.3 Å². The first kappa shape index (κ1) is 16.7. The number of oxazole rings is 1. The first-order valence-corrected chi connectivity index (χ1v) is 8.81.